The molecule has 0 unspecified atom stereocenters. The minimum atomic E-state index is -4.93. The quantitative estimate of drug-likeness (QED) is 0.202. The van der Waals surface area contributed by atoms with E-state index in [1.54, 1.807) is 56.3 Å². The second-order valence-electron chi connectivity index (χ2n) is 9.23. The van der Waals surface area contributed by atoms with E-state index in [-0.39, 0.29) is 5.56 Å². The van der Waals surface area contributed by atoms with E-state index in [1.807, 2.05) is 0 Å². The van der Waals surface area contributed by atoms with Gasteiger partial charge in [-0.15, -0.1) is 24.5 Å². The van der Waals surface area contributed by atoms with Gasteiger partial charge in [-0.05, 0) is 71.6 Å². The lowest BCUT2D eigenvalue weighted by atomic mass is 9.77. The number of thiophene rings is 1. The van der Waals surface area contributed by atoms with E-state index >= 15 is 0 Å². The Balaban J connectivity index is 1.62. The van der Waals surface area contributed by atoms with Crippen molar-refractivity contribution in [3.05, 3.63) is 87.0 Å². The molecule has 0 aliphatic carbocycles. The third-order valence-electron chi connectivity index (χ3n) is 5.77. The Morgan fingerprint density at radius 2 is 1.69 bits per heavy atom. The lowest BCUT2D eigenvalue weighted by Gasteiger charge is -2.28. The normalized spacial score (nSPS) is 12.4. The number of amides is 1. The first-order valence-electron chi connectivity index (χ1n) is 11.2. The third kappa shape index (κ3) is 7.08. The molecule has 0 bridgehead atoms. The molecule has 0 saturated heterocycles. The van der Waals surface area contributed by atoms with Gasteiger partial charge in [0, 0.05) is 31.5 Å². The number of alkyl halides is 3. The molecule has 4 aromatic rings. The zero-order chi connectivity index (χ0) is 28.8. The highest BCUT2D eigenvalue weighted by Gasteiger charge is 2.33. The molecule has 1 amide bonds. The molecule has 0 atom stereocenters. The number of nitrogens with one attached hydrogen (secondary N) is 2. The van der Waals surface area contributed by atoms with Crippen molar-refractivity contribution in [1.82, 2.24) is 0 Å². The van der Waals surface area contributed by atoms with Gasteiger partial charge in [0.2, 0.25) is 10.0 Å². The van der Waals surface area contributed by atoms with E-state index in [9.17, 15) is 30.8 Å². The molecule has 1 aromatic heterocycles. The van der Waals surface area contributed by atoms with Gasteiger partial charge < -0.3 is 10.1 Å². The maximum atomic E-state index is 14.8. The van der Waals surface area contributed by atoms with Crippen molar-refractivity contribution in [3.8, 4) is 5.75 Å². The van der Waals surface area contributed by atoms with Gasteiger partial charge in [0.15, 0.2) is 0 Å². The smallest absolute Gasteiger partial charge is 0.406 e. The fourth-order valence-electron chi connectivity index (χ4n) is 3.98. The molecule has 0 spiro atoms. The molecule has 4 rings (SSSR count). The maximum absolute atomic E-state index is 14.8. The molecule has 39 heavy (non-hydrogen) atoms. The molecule has 0 radical (unpaired) electrons. The first kappa shape index (κ1) is 28.8. The fraction of sp³-hybridized carbons (Fsp3) is 0.192. The number of hydrogen-bond donors (Lipinski definition) is 2. The predicted molar refractivity (Wildman–Crippen MR) is 148 cm³/mol. The van der Waals surface area contributed by atoms with Crippen molar-refractivity contribution in [2.75, 3.05) is 16.3 Å². The van der Waals surface area contributed by atoms with Crippen LogP contribution in [0.3, 0.4) is 0 Å². The van der Waals surface area contributed by atoms with Crippen LogP contribution in [0, 0.1) is 5.82 Å². The average molecular weight is 645 g/mol. The highest BCUT2D eigenvalue weighted by atomic mass is 79.9. The van der Waals surface area contributed by atoms with Crippen molar-refractivity contribution >= 4 is 64.7 Å². The van der Waals surface area contributed by atoms with Gasteiger partial charge in [-0.2, -0.15) is 0 Å². The van der Waals surface area contributed by atoms with Crippen LogP contribution in [0.2, 0.25) is 0 Å². The molecular weight excluding hydrogens is 624 g/mol. The average Bonchev–Trinajstić information content (AvgIpc) is 3.21. The number of hydrogen-bond acceptors (Lipinski definition) is 5. The zero-order valence-corrected chi connectivity index (χ0v) is 23.8. The van der Waals surface area contributed by atoms with Crippen LogP contribution >= 0.6 is 27.3 Å². The van der Waals surface area contributed by atoms with Crippen molar-refractivity contribution in [2.24, 2.45) is 0 Å². The number of carbonyl (C=O) groups excluding carboxylic acids is 1. The van der Waals surface area contributed by atoms with Gasteiger partial charge in [-0.25, -0.2) is 12.8 Å². The van der Waals surface area contributed by atoms with Crippen LogP contribution in [0.15, 0.2) is 65.1 Å². The van der Waals surface area contributed by atoms with Gasteiger partial charge in [0.1, 0.15) is 11.6 Å². The number of anilines is 2. The Morgan fingerprint density at radius 1 is 0.974 bits per heavy atom. The summed E-state index contributed by atoms with van der Waals surface area (Å²) >= 11 is 4.60. The summed E-state index contributed by atoms with van der Waals surface area (Å²) in [6.45, 7) is 3.29. The minimum Gasteiger partial charge on any atom is -0.406 e. The number of fused-ring (bicyclic) bond motifs is 1. The first-order chi connectivity index (χ1) is 18.0. The number of sulfonamides is 1. The summed E-state index contributed by atoms with van der Waals surface area (Å²) in [4.78, 5) is 13.4. The number of rotatable bonds is 7. The number of halogens is 5. The number of carbonyl (C=O) groups is 1. The lowest BCUT2D eigenvalue weighted by Crippen LogP contribution is -2.23. The second kappa shape index (κ2) is 10.4. The maximum Gasteiger partial charge on any atom is 0.573 e. The molecule has 1 heterocycles. The van der Waals surface area contributed by atoms with E-state index in [2.05, 4.69) is 30.7 Å². The molecule has 2 N–H and O–H groups in total. The summed E-state index contributed by atoms with van der Waals surface area (Å²) in [5.74, 6) is -1.69. The van der Waals surface area contributed by atoms with Crippen molar-refractivity contribution < 1.29 is 35.5 Å². The molecule has 0 fully saturated rings. The van der Waals surface area contributed by atoms with E-state index in [1.165, 1.54) is 11.3 Å². The van der Waals surface area contributed by atoms with Crippen LogP contribution in [0.5, 0.6) is 5.75 Å². The Morgan fingerprint density at radius 3 is 2.36 bits per heavy atom. The Bertz CT molecular complexity index is 1690. The Labute approximate surface area is 234 Å². The van der Waals surface area contributed by atoms with Gasteiger partial charge >= 0.3 is 6.36 Å². The highest BCUT2D eigenvalue weighted by molar-refractivity contribution is 9.10. The third-order valence-corrected chi connectivity index (χ3v) is 7.94. The summed E-state index contributed by atoms with van der Waals surface area (Å²) in [6, 6.07) is 14.3. The van der Waals surface area contributed by atoms with Crippen LogP contribution in [0.4, 0.5) is 28.9 Å². The van der Waals surface area contributed by atoms with Crippen LogP contribution in [-0.4, -0.2) is 26.9 Å². The zero-order valence-electron chi connectivity index (χ0n) is 20.6. The second-order valence-corrected chi connectivity index (χ2v) is 13.0. The van der Waals surface area contributed by atoms with Gasteiger partial charge in [0.05, 0.1) is 11.1 Å². The number of benzene rings is 3. The van der Waals surface area contributed by atoms with E-state index in [0.29, 0.717) is 31.7 Å². The van der Waals surface area contributed by atoms with Gasteiger partial charge in [0.25, 0.3) is 5.91 Å². The molecule has 13 heteroatoms. The molecule has 0 aliphatic rings. The highest BCUT2D eigenvalue weighted by Crippen LogP contribution is 2.39. The standard InChI is InChI=1S/C26H21BrF4N2O4S2/c1-25(2,20-13-19(5-6-21(20)28)37-26(29,30)31)15-10-16(27)12-18(11-15)32-24(34)23-9-14-8-17(33-39(3,35)36)4-7-22(14)38-23/h4-13,33H,1-3H3,(H,32,34). The monoisotopic (exact) mass is 644 g/mol. The SMILES string of the molecule is CC(C)(c1cc(Br)cc(NC(=O)c2cc3cc(NS(C)(=O)=O)ccc3s2)c1)c1cc(OC(F)(F)F)ccc1F. The van der Waals surface area contributed by atoms with Crippen molar-refractivity contribution in [3.63, 3.8) is 0 Å². The van der Waals surface area contributed by atoms with E-state index in [0.717, 1.165) is 29.2 Å². The molecule has 0 aliphatic heterocycles. The topological polar surface area (TPSA) is 84.5 Å². The molecule has 3 aromatic carbocycles. The fourth-order valence-corrected chi connectivity index (χ4v) is 5.97. The van der Waals surface area contributed by atoms with Crippen LogP contribution < -0.4 is 14.8 Å². The van der Waals surface area contributed by atoms with E-state index < -0.39 is 39.3 Å². The Hall–Kier alpha value is -3.16. The summed E-state index contributed by atoms with van der Waals surface area (Å²) in [5.41, 5.74) is 0.118. The first-order valence-corrected chi connectivity index (χ1v) is 14.7. The van der Waals surface area contributed by atoms with Gasteiger partial charge in [-0.1, -0.05) is 29.8 Å². The molecule has 0 saturated carbocycles. The van der Waals surface area contributed by atoms with Crippen LogP contribution in [-0.2, 0) is 15.4 Å². The largest absolute Gasteiger partial charge is 0.573 e. The van der Waals surface area contributed by atoms with Crippen molar-refractivity contribution in [2.45, 2.75) is 25.6 Å². The van der Waals surface area contributed by atoms with Crippen LogP contribution in [0.1, 0.15) is 34.6 Å². The minimum absolute atomic E-state index is 0.0253. The lowest BCUT2D eigenvalue weighted by molar-refractivity contribution is -0.274. The van der Waals surface area contributed by atoms with E-state index in [4.69, 9.17) is 0 Å². The molecule has 206 valence electrons. The summed E-state index contributed by atoms with van der Waals surface area (Å²) in [7, 11) is -3.46. The molecular formula is C26H21BrF4N2O4S2. The molecule has 6 nitrogen and oxygen atoms in total. The summed E-state index contributed by atoms with van der Waals surface area (Å²) in [5, 5.41) is 3.47. The number of ether oxygens (including phenoxy) is 1. The van der Waals surface area contributed by atoms with Gasteiger partial charge in [-0.3, -0.25) is 9.52 Å². The summed E-state index contributed by atoms with van der Waals surface area (Å²) < 4.78 is 83.7. The van der Waals surface area contributed by atoms with Crippen LogP contribution in [0.25, 0.3) is 10.1 Å². The summed E-state index contributed by atoms with van der Waals surface area (Å²) in [6.07, 6.45) is -3.89. The predicted octanol–water partition coefficient (Wildman–Crippen LogP) is 7.65. The Kier molecular flexibility index (Phi) is 7.71. The van der Waals surface area contributed by atoms with Crippen molar-refractivity contribution in [1.29, 1.82) is 0 Å².